The fourth-order valence-electron chi connectivity index (χ4n) is 2.39. The van der Waals surface area contributed by atoms with E-state index in [0.29, 0.717) is 17.5 Å². The summed E-state index contributed by atoms with van der Waals surface area (Å²) in [4.78, 5) is 6.72. The summed E-state index contributed by atoms with van der Waals surface area (Å²) in [6.07, 6.45) is 3.66. The lowest BCUT2D eigenvalue weighted by atomic mass is 10.2. The number of aromatic nitrogens is 3. The lowest BCUT2D eigenvalue weighted by Gasteiger charge is -2.21. The minimum absolute atomic E-state index is 0.615. The summed E-state index contributed by atoms with van der Waals surface area (Å²) in [5, 5.41) is 11.5. The summed E-state index contributed by atoms with van der Waals surface area (Å²) in [6.45, 7) is 6.08. The zero-order chi connectivity index (χ0) is 17.4. The number of hydrogen-bond donors (Lipinski definition) is 1. The molecule has 0 aliphatic heterocycles. The number of nitrogens with zero attached hydrogens (tertiary/aromatic N) is 4. The molecule has 7 nitrogen and oxygen atoms in total. The molecule has 0 atom stereocenters. The Hall–Kier alpha value is -2.57. The van der Waals surface area contributed by atoms with Crippen molar-refractivity contribution in [3.8, 4) is 11.5 Å². The maximum Gasteiger partial charge on any atom is 0.247 e. The van der Waals surface area contributed by atoms with E-state index in [1.807, 2.05) is 18.2 Å². The first-order chi connectivity index (χ1) is 11.7. The number of hydrogen-bond acceptors (Lipinski definition) is 7. The molecular formula is C17H25N5O2. The number of anilines is 3. The number of benzene rings is 1. The van der Waals surface area contributed by atoms with E-state index in [2.05, 4.69) is 39.2 Å². The van der Waals surface area contributed by atoms with Crippen LogP contribution >= 0.6 is 0 Å². The van der Waals surface area contributed by atoms with Crippen LogP contribution in [0.4, 0.5) is 17.5 Å². The van der Waals surface area contributed by atoms with Crippen LogP contribution in [0.2, 0.25) is 0 Å². The Kier molecular flexibility index (Phi) is 6.60. The first-order valence-corrected chi connectivity index (χ1v) is 8.15. The average molecular weight is 331 g/mol. The Bertz CT molecular complexity index is 645. The van der Waals surface area contributed by atoms with E-state index in [1.54, 1.807) is 20.4 Å². The van der Waals surface area contributed by atoms with E-state index < -0.39 is 0 Å². The van der Waals surface area contributed by atoms with Gasteiger partial charge in [0.25, 0.3) is 0 Å². The number of nitrogens with one attached hydrogen (secondary N) is 1. The van der Waals surface area contributed by atoms with Crippen molar-refractivity contribution in [1.29, 1.82) is 0 Å². The van der Waals surface area contributed by atoms with Crippen LogP contribution in [0.3, 0.4) is 0 Å². The number of rotatable bonds is 9. The van der Waals surface area contributed by atoms with Crippen LogP contribution in [-0.4, -0.2) is 42.5 Å². The smallest absolute Gasteiger partial charge is 0.247 e. The third kappa shape index (κ3) is 4.47. The third-order valence-corrected chi connectivity index (χ3v) is 3.49. The van der Waals surface area contributed by atoms with Gasteiger partial charge in [0.2, 0.25) is 5.95 Å². The molecule has 0 aliphatic rings. The molecule has 0 fully saturated rings. The molecule has 2 aromatic rings. The van der Waals surface area contributed by atoms with Gasteiger partial charge >= 0.3 is 0 Å². The standard InChI is InChI=1S/C17H25N5O2/c1-5-9-22(10-6-2)17-20-16(12-18-21-17)19-14-11-13(23-3)7-8-15(14)24-4/h7-8,11-12H,5-6,9-10H2,1-4H3,(H,19,20,21). The molecule has 24 heavy (non-hydrogen) atoms. The molecule has 1 N–H and O–H groups in total. The highest BCUT2D eigenvalue weighted by Crippen LogP contribution is 2.31. The summed E-state index contributed by atoms with van der Waals surface area (Å²) in [6, 6.07) is 5.55. The van der Waals surface area contributed by atoms with Crippen molar-refractivity contribution in [1.82, 2.24) is 15.2 Å². The zero-order valence-corrected chi connectivity index (χ0v) is 14.7. The number of ether oxygens (including phenoxy) is 2. The van der Waals surface area contributed by atoms with E-state index in [1.165, 1.54) is 0 Å². The van der Waals surface area contributed by atoms with Gasteiger partial charge in [0.1, 0.15) is 11.5 Å². The fraction of sp³-hybridized carbons (Fsp3) is 0.471. The second-order valence-electron chi connectivity index (χ2n) is 5.32. The summed E-state index contributed by atoms with van der Waals surface area (Å²) in [7, 11) is 3.25. The molecule has 0 radical (unpaired) electrons. The van der Waals surface area contributed by atoms with Crippen molar-refractivity contribution in [3.05, 3.63) is 24.4 Å². The molecule has 0 bridgehead atoms. The highest BCUT2D eigenvalue weighted by atomic mass is 16.5. The quantitative estimate of drug-likeness (QED) is 0.756. The molecule has 0 saturated heterocycles. The maximum absolute atomic E-state index is 5.38. The molecule has 1 aromatic carbocycles. The molecule has 7 heteroatoms. The van der Waals surface area contributed by atoms with Gasteiger partial charge in [-0.25, -0.2) is 0 Å². The molecule has 0 saturated carbocycles. The minimum atomic E-state index is 0.615. The summed E-state index contributed by atoms with van der Waals surface area (Å²) in [5.41, 5.74) is 0.765. The lowest BCUT2D eigenvalue weighted by Crippen LogP contribution is -2.27. The highest BCUT2D eigenvalue weighted by Gasteiger charge is 2.11. The van der Waals surface area contributed by atoms with Gasteiger partial charge in [0, 0.05) is 19.2 Å². The first-order valence-electron chi connectivity index (χ1n) is 8.15. The predicted octanol–water partition coefficient (Wildman–Crippen LogP) is 3.26. The van der Waals surface area contributed by atoms with Crippen LogP contribution in [-0.2, 0) is 0 Å². The summed E-state index contributed by atoms with van der Waals surface area (Å²) in [5.74, 6) is 2.68. The molecular weight excluding hydrogens is 306 g/mol. The largest absolute Gasteiger partial charge is 0.497 e. The highest BCUT2D eigenvalue weighted by molar-refractivity contribution is 5.66. The van der Waals surface area contributed by atoms with Gasteiger partial charge < -0.3 is 19.7 Å². The normalized spacial score (nSPS) is 10.3. The number of methoxy groups -OCH3 is 2. The molecule has 1 heterocycles. The Morgan fingerprint density at radius 1 is 1.08 bits per heavy atom. The van der Waals surface area contributed by atoms with Crippen LogP contribution in [0, 0.1) is 0 Å². The van der Waals surface area contributed by atoms with E-state index in [0.717, 1.165) is 37.4 Å². The van der Waals surface area contributed by atoms with Crippen LogP contribution in [0.5, 0.6) is 11.5 Å². The van der Waals surface area contributed by atoms with Gasteiger partial charge in [-0.05, 0) is 25.0 Å². The molecule has 0 aliphatic carbocycles. The molecule has 0 spiro atoms. The fourth-order valence-corrected chi connectivity index (χ4v) is 2.39. The van der Waals surface area contributed by atoms with Crippen LogP contribution in [0.15, 0.2) is 24.4 Å². The Morgan fingerprint density at radius 3 is 2.46 bits per heavy atom. The van der Waals surface area contributed by atoms with Crippen molar-refractivity contribution in [2.75, 3.05) is 37.5 Å². The van der Waals surface area contributed by atoms with Gasteiger partial charge in [-0.1, -0.05) is 13.8 Å². The SMILES string of the molecule is CCCN(CCC)c1nncc(Nc2cc(OC)ccc2OC)n1. The van der Waals surface area contributed by atoms with Crippen molar-refractivity contribution in [2.45, 2.75) is 26.7 Å². The van der Waals surface area contributed by atoms with Crippen LogP contribution in [0.25, 0.3) is 0 Å². The molecule has 0 unspecified atom stereocenters. The second-order valence-corrected chi connectivity index (χ2v) is 5.32. The van der Waals surface area contributed by atoms with Crippen LogP contribution in [0.1, 0.15) is 26.7 Å². The third-order valence-electron chi connectivity index (χ3n) is 3.49. The molecule has 1 aromatic heterocycles. The second kappa shape index (κ2) is 8.90. The summed E-state index contributed by atoms with van der Waals surface area (Å²) >= 11 is 0. The van der Waals surface area contributed by atoms with Crippen molar-refractivity contribution < 1.29 is 9.47 Å². The van der Waals surface area contributed by atoms with Gasteiger partial charge in [0.05, 0.1) is 26.1 Å². The first kappa shape index (κ1) is 17.8. The van der Waals surface area contributed by atoms with Crippen molar-refractivity contribution >= 4 is 17.5 Å². The van der Waals surface area contributed by atoms with Gasteiger partial charge in [0.15, 0.2) is 5.82 Å². The summed E-state index contributed by atoms with van der Waals surface area (Å²) < 4.78 is 10.6. The zero-order valence-electron chi connectivity index (χ0n) is 14.7. The predicted molar refractivity (Wildman–Crippen MR) is 95.5 cm³/mol. The Balaban J connectivity index is 2.26. The Morgan fingerprint density at radius 2 is 1.83 bits per heavy atom. The molecule has 130 valence electrons. The maximum atomic E-state index is 5.38. The minimum Gasteiger partial charge on any atom is -0.497 e. The monoisotopic (exact) mass is 331 g/mol. The van der Waals surface area contributed by atoms with Crippen LogP contribution < -0.4 is 19.7 Å². The van der Waals surface area contributed by atoms with Gasteiger partial charge in [-0.2, -0.15) is 10.1 Å². The van der Waals surface area contributed by atoms with E-state index in [4.69, 9.17) is 9.47 Å². The average Bonchev–Trinajstić information content (AvgIpc) is 2.61. The van der Waals surface area contributed by atoms with Crippen molar-refractivity contribution in [3.63, 3.8) is 0 Å². The molecule has 2 rings (SSSR count). The van der Waals surface area contributed by atoms with E-state index in [-0.39, 0.29) is 0 Å². The van der Waals surface area contributed by atoms with E-state index >= 15 is 0 Å². The molecule has 0 amide bonds. The lowest BCUT2D eigenvalue weighted by molar-refractivity contribution is 0.405. The van der Waals surface area contributed by atoms with Gasteiger partial charge in [-0.3, -0.25) is 0 Å². The van der Waals surface area contributed by atoms with E-state index in [9.17, 15) is 0 Å². The van der Waals surface area contributed by atoms with Crippen molar-refractivity contribution in [2.24, 2.45) is 0 Å². The topological polar surface area (TPSA) is 72.4 Å². The Labute approximate surface area is 143 Å². The van der Waals surface area contributed by atoms with Gasteiger partial charge in [-0.15, -0.1) is 5.10 Å².